The summed E-state index contributed by atoms with van der Waals surface area (Å²) in [6.45, 7) is 3.53. The number of hydrogen-bond acceptors (Lipinski definition) is 4. The summed E-state index contributed by atoms with van der Waals surface area (Å²) in [7, 11) is 0. The van der Waals surface area contributed by atoms with Gasteiger partial charge in [0.25, 0.3) is 0 Å². The van der Waals surface area contributed by atoms with Crippen molar-refractivity contribution in [3.8, 4) is 0 Å². The van der Waals surface area contributed by atoms with Gasteiger partial charge in [-0.1, -0.05) is 67.3 Å². The van der Waals surface area contributed by atoms with E-state index in [-0.39, 0.29) is 17.9 Å². The average molecular weight is 564 g/mol. The molecule has 3 aromatic rings. The Morgan fingerprint density at radius 2 is 1.80 bits per heavy atom. The molecule has 0 radical (unpaired) electrons. The molecular weight excluding hydrogens is 522 g/mol. The van der Waals surface area contributed by atoms with Crippen LogP contribution in [0.5, 0.6) is 0 Å². The third-order valence-corrected chi connectivity index (χ3v) is 8.94. The largest absolute Gasteiger partial charge is 0.361 e. The van der Waals surface area contributed by atoms with E-state index in [0.29, 0.717) is 49.3 Å². The summed E-state index contributed by atoms with van der Waals surface area (Å²) in [6.07, 6.45) is 10.0. The third kappa shape index (κ3) is 7.65. The SMILES string of the molecule is O=C(CCc1ccccc1Cl)NCC(Cc1c[nH]c2ccccc12)NC(=O)CN1CCNCC1C1CCCCC1. The van der Waals surface area contributed by atoms with Gasteiger partial charge in [-0.3, -0.25) is 14.5 Å². The van der Waals surface area contributed by atoms with Gasteiger partial charge in [0.2, 0.25) is 11.8 Å². The molecule has 1 saturated carbocycles. The average Bonchev–Trinajstić information content (AvgIpc) is 3.39. The second kappa shape index (κ2) is 14.2. The minimum atomic E-state index is -0.216. The first-order valence-electron chi connectivity index (χ1n) is 14.9. The summed E-state index contributed by atoms with van der Waals surface area (Å²) >= 11 is 6.27. The topological polar surface area (TPSA) is 89.3 Å². The summed E-state index contributed by atoms with van der Waals surface area (Å²) in [4.78, 5) is 31.9. The van der Waals surface area contributed by atoms with Crippen LogP contribution in [0.25, 0.3) is 10.9 Å². The van der Waals surface area contributed by atoms with Crippen LogP contribution in [0.15, 0.2) is 54.7 Å². The van der Waals surface area contributed by atoms with Gasteiger partial charge in [-0.2, -0.15) is 0 Å². The highest BCUT2D eigenvalue weighted by molar-refractivity contribution is 6.31. The summed E-state index contributed by atoms with van der Waals surface area (Å²) in [5.74, 6) is 0.643. The molecule has 2 aromatic carbocycles. The zero-order valence-electron chi connectivity index (χ0n) is 23.3. The summed E-state index contributed by atoms with van der Waals surface area (Å²) in [6, 6.07) is 16.0. The molecule has 40 heavy (non-hydrogen) atoms. The van der Waals surface area contributed by atoms with Gasteiger partial charge in [-0.15, -0.1) is 0 Å². The number of aromatic amines is 1. The van der Waals surface area contributed by atoms with Gasteiger partial charge in [0.1, 0.15) is 0 Å². The van der Waals surface area contributed by atoms with E-state index in [1.165, 1.54) is 32.1 Å². The van der Waals surface area contributed by atoms with Crippen LogP contribution in [0, 0.1) is 5.92 Å². The fraction of sp³-hybridized carbons (Fsp3) is 0.500. The lowest BCUT2D eigenvalue weighted by Crippen LogP contribution is -2.58. The van der Waals surface area contributed by atoms with Crippen molar-refractivity contribution in [1.82, 2.24) is 25.8 Å². The van der Waals surface area contributed by atoms with E-state index in [2.05, 4.69) is 38.0 Å². The minimum absolute atomic E-state index is 0.0258. The van der Waals surface area contributed by atoms with E-state index in [1.54, 1.807) is 0 Å². The second-order valence-electron chi connectivity index (χ2n) is 11.4. The Labute approximate surface area is 242 Å². The number of rotatable bonds is 11. The lowest BCUT2D eigenvalue weighted by molar-refractivity contribution is -0.125. The number of carbonyl (C=O) groups is 2. The lowest BCUT2D eigenvalue weighted by atomic mass is 9.82. The monoisotopic (exact) mass is 563 g/mol. The molecule has 214 valence electrons. The van der Waals surface area contributed by atoms with Crippen molar-refractivity contribution in [1.29, 1.82) is 0 Å². The fourth-order valence-corrected chi connectivity index (χ4v) is 6.65. The quantitative estimate of drug-likeness (QED) is 0.277. The van der Waals surface area contributed by atoms with Crippen LogP contribution >= 0.6 is 11.6 Å². The van der Waals surface area contributed by atoms with E-state index in [0.717, 1.165) is 41.7 Å². The van der Waals surface area contributed by atoms with Gasteiger partial charge in [-0.05, 0) is 54.9 Å². The van der Waals surface area contributed by atoms with Crippen LogP contribution in [0.4, 0.5) is 0 Å². The van der Waals surface area contributed by atoms with Crippen LogP contribution in [0.1, 0.15) is 49.7 Å². The molecule has 0 bridgehead atoms. The second-order valence-corrected chi connectivity index (χ2v) is 11.8. The maximum atomic E-state index is 13.4. The smallest absolute Gasteiger partial charge is 0.234 e. The molecule has 1 saturated heterocycles. The molecule has 5 rings (SSSR count). The van der Waals surface area contributed by atoms with Gasteiger partial charge >= 0.3 is 0 Å². The maximum absolute atomic E-state index is 13.4. The van der Waals surface area contributed by atoms with E-state index in [9.17, 15) is 9.59 Å². The molecule has 4 N–H and O–H groups in total. The van der Waals surface area contributed by atoms with E-state index >= 15 is 0 Å². The molecule has 1 aliphatic carbocycles. The summed E-state index contributed by atoms with van der Waals surface area (Å²) in [5, 5.41) is 11.7. The Morgan fingerprint density at radius 3 is 2.65 bits per heavy atom. The third-order valence-electron chi connectivity index (χ3n) is 8.57. The zero-order valence-corrected chi connectivity index (χ0v) is 24.0. The number of halogens is 1. The van der Waals surface area contributed by atoms with Crippen molar-refractivity contribution in [3.05, 3.63) is 70.9 Å². The molecule has 2 amide bonds. The number of amides is 2. The molecule has 1 aromatic heterocycles. The number of para-hydroxylation sites is 1. The number of carbonyl (C=O) groups excluding carboxylic acids is 2. The van der Waals surface area contributed by atoms with E-state index < -0.39 is 0 Å². The molecule has 8 heteroatoms. The number of piperazine rings is 1. The Kier molecular flexibility index (Phi) is 10.1. The number of nitrogens with zero attached hydrogens (tertiary/aromatic N) is 1. The first kappa shape index (κ1) is 28.7. The fourth-order valence-electron chi connectivity index (χ4n) is 6.42. The maximum Gasteiger partial charge on any atom is 0.234 e. The Bertz CT molecular complexity index is 1270. The molecule has 2 heterocycles. The Hall–Kier alpha value is -2.87. The molecule has 2 unspecified atom stereocenters. The van der Waals surface area contributed by atoms with Crippen molar-refractivity contribution in [2.75, 3.05) is 32.7 Å². The van der Waals surface area contributed by atoms with Gasteiger partial charge in [0, 0.05) is 60.8 Å². The number of benzene rings is 2. The normalized spacial score (nSPS) is 19.4. The van der Waals surface area contributed by atoms with Crippen molar-refractivity contribution < 1.29 is 9.59 Å². The number of aryl methyl sites for hydroxylation is 1. The summed E-state index contributed by atoms with van der Waals surface area (Å²) in [5.41, 5.74) is 3.17. The Balaban J connectivity index is 1.21. The number of aromatic nitrogens is 1. The molecule has 0 spiro atoms. The highest BCUT2D eigenvalue weighted by atomic mass is 35.5. The molecular formula is C32H42ClN5O2. The van der Waals surface area contributed by atoms with Crippen molar-refractivity contribution >= 4 is 34.3 Å². The number of hydrogen-bond donors (Lipinski definition) is 4. The molecule has 2 atom stereocenters. The number of nitrogens with one attached hydrogen (secondary N) is 4. The zero-order chi connectivity index (χ0) is 27.7. The van der Waals surface area contributed by atoms with Gasteiger partial charge in [0.05, 0.1) is 12.6 Å². The van der Waals surface area contributed by atoms with Gasteiger partial charge in [0.15, 0.2) is 0 Å². The van der Waals surface area contributed by atoms with Crippen LogP contribution in [-0.4, -0.2) is 66.5 Å². The summed E-state index contributed by atoms with van der Waals surface area (Å²) < 4.78 is 0. The van der Waals surface area contributed by atoms with Gasteiger partial charge < -0.3 is 20.9 Å². The predicted molar refractivity (Wildman–Crippen MR) is 162 cm³/mol. The van der Waals surface area contributed by atoms with Crippen molar-refractivity contribution in [3.63, 3.8) is 0 Å². The van der Waals surface area contributed by atoms with Crippen LogP contribution in [0.2, 0.25) is 5.02 Å². The Morgan fingerprint density at radius 1 is 1.00 bits per heavy atom. The number of fused-ring (bicyclic) bond motifs is 1. The van der Waals surface area contributed by atoms with E-state index in [4.69, 9.17) is 11.6 Å². The number of H-pyrrole nitrogens is 1. The van der Waals surface area contributed by atoms with Crippen molar-refractivity contribution in [2.45, 2.75) is 63.5 Å². The van der Waals surface area contributed by atoms with Crippen LogP contribution in [-0.2, 0) is 22.4 Å². The van der Waals surface area contributed by atoms with E-state index in [1.807, 2.05) is 42.6 Å². The standard InChI is InChI=1S/C32H42ClN5O2/c33-28-12-6-4-8-23(28)14-15-31(39)36-20-26(18-25-19-35-29-13-7-5-11-27(25)29)37-32(40)22-38-17-16-34-21-30(38)24-9-2-1-3-10-24/h4-8,11-13,19,24,26,30,34-35H,1-3,9-10,14-18,20-22H2,(H,36,39)(H,37,40). The highest BCUT2D eigenvalue weighted by Gasteiger charge is 2.32. The highest BCUT2D eigenvalue weighted by Crippen LogP contribution is 2.29. The van der Waals surface area contributed by atoms with Crippen LogP contribution in [0.3, 0.4) is 0 Å². The molecule has 2 fully saturated rings. The minimum Gasteiger partial charge on any atom is -0.361 e. The van der Waals surface area contributed by atoms with Gasteiger partial charge in [-0.25, -0.2) is 0 Å². The molecule has 7 nitrogen and oxygen atoms in total. The predicted octanol–water partition coefficient (Wildman–Crippen LogP) is 4.45. The first-order chi connectivity index (χ1) is 19.6. The van der Waals surface area contributed by atoms with Crippen molar-refractivity contribution in [2.24, 2.45) is 5.92 Å². The molecule has 2 aliphatic rings. The molecule has 1 aliphatic heterocycles. The lowest BCUT2D eigenvalue weighted by Gasteiger charge is -2.42. The first-order valence-corrected chi connectivity index (χ1v) is 15.2. The van der Waals surface area contributed by atoms with Crippen LogP contribution < -0.4 is 16.0 Å².